The number of ether oxygens (including phenoxy) is 2. The van der Waals surface area contributed by atoms with Crippen LogP contribution in [0, 0.1) is 13.8 Å². The molecule has 2 heterocycles. The summed E-state index contributed by atoms with van der Waals surface area (Å²) in [6.07, 6.45) is -0.908. The van der Waals surface area contributed by atoms with E-state index in [4.69, 9.17) is 14.0 Å². The van der Waals surface area contributed by atoms with Crippen molar-refractivity contribution in [2.75, 3.05) is 0 Å². The summed E-state index contributed by atoms with van der Waals surface area (Å²) in [6.45, 7) is 5.88. The molecule has 1 aromatic carbocycles. The molecule has 1 N–H and O–H groups in total. The third-order valence-corrected chi connectivity index (χ3v) is 5.18. The van der Waals surface area contributed by atoms with Gasteiger partial charge in [-0.1, -0.05) is 17.3 Å². The maximum atomic E-state index is 12.4. The first-order chi connectivity index (χ1) is 13.9. The van der Waals surface area contributed by atoms with Crippen molar-refractivity contribution >= 4 is 23.2 Å². The molecule has 0 aliphatic heterocycles. The van der Waals surface area contributed by atoms with E-state index < -0.39 is 12.1 Å². The smallest absolute Gasteiger partial charge is 0.339 e. The molecule has 0 radical (unpaired) electrons. The minimum absolute atomic E-state index is 0.279. The first-order valence-corrected chi connectivity index (χ1v) is 9.97. The minimum Gasteiger partial charge on any atom is -0.489 e. The number of esters is 1. The number of thiophene rings is 1. The van der Waals surface area contributed by atoms with Crippen LogP contribution < -0.4 is 10.1 Å². The van der Waals surface area contributed by atoms with E-state index in [2.05, 4.69) is 10.5 Å². The second-order valence-electron chi connectivity index (χ2n) is 6.46. The van der Waals surface area contributed by atoms with Crippen LogP contribution in [0.5, 0.6) is 5.75 Å². The number of aryl methyl sites for hydroxylation is 2. The van der Waals surface area contributed by atoms with Gasteiger partial charge in [0.05, 0.1) is 23.4 Å². The van der Waals surface area contributed by atoms with Crippen LogP contribution in [0.4, 0.5) is 0 Å². The molecule has 0 spiro atoms. The molecular weight excluding hydrogens is 392 g/mol. The van der Waals surface area contributed by atoms with E-state index in [0.29, 0.717) is 23.6 Å². The average molecular weight is 414 g/mol. The standard InChI is InChI=1S/C21H22N2O5S/c1-13-19(14(2)28-23-13)12-26-17-7-4-6-16(10-17)21(25)27-15(3)20(24)22-11-18-8-5-9-29-18/h4-10,15H,11-12H2,1-3H3,(H,22,24)/t15-/m1/s1. The molecule has 0 saturated heterocycles. The summed E-state index contributed by atoms with van der Waals surface area (Å²) in [7, 11) is 0. The van der Waals surface area contributed by atoms with Gasteiger partial charge in [-0.05, 0) is 50.4 Å². The van der Waals surface area contributed by atoms with E-state index in [1.807, 2.05) is 31.4 Å². The number of rotatable bonds is 8. The summed E-state index contributed by atoms with van der Waals surface area (Å²) >= 11 is 1.55. The van der Waals surface area contributed by atoms with Crippen LogP contribution in [0.15, 0.2) is 46.3 Å². The predicted molar refractivity (Wildman–Crippen MR) is 108 cm³/mol. The highest BCUT2D eigenvalue weighted by Gasteiger charge is 2.19. The third-order valence-electron chi connectivity index (χ3n) is 4.30. The van der Waals surface area contributed by atoms with Gasteiger partial charge in [-0.3, -0.25) is 4.79 Å². The number of hydrogen-bond acceptors (Lipinski definition) is 7. The molecular formula is C21H22N2O5S. The normalized spacial score (nSPS) is 11.7. The number of amides is 1. The van der Waals surface area contributed by atoms with Crippen molar-refractivity contribution in [3.05, 3.63) is 69.2 Å². The van der Waals surface area contributed by atoms with Crippen LogP contribution in [0.25, 0.3) is 0 Å². The van der Waals surface area contributed by atoms with Crippen LogP contribution in [-0.4, -0.2) is 23.1 Å². The zero-order chi connectivity index (χ0) is 20.8. The Labute approximate surface area is 172 Å². The van der Waals surface area contributed by atoms with Crippen molar-refractivity contribution in [2.24, 2.45) is 0 Å². The number of carbonyl (C=O) groups is 2. The molecule has 0 aliphatic carbocycles. The zero-order valence-corrected chi connectivity index (χ0v) is 17.2. The SMILES string of the molecule is Cc1noc(C)c1COc1cccc(C(=O)O[C@H](C)C(=O)NCc2cccs2)c1. The number of carbonyl (C=O) groups excluding carboxylic acids is 2. The minimum atomic E-state index is -0.908. The van der Waals surface area contributed by atoms with Gasteiger partial charge in [-0.2, -0.15) is 0 Å². The Hall–Kier alpha value is -3.13. The quantitative estimate of drug-likeness (QED) is 0.564. The Morgan fingerprint density at radius 2 is 2.07 bits per heavy atom. The van der Waals surface area contributed by atoms with Gasteiger partial charge in [-0.25, -0.2) is 4.79 Å². The Balaban J connectivity index is 1.55. The lowest BCUT2D eigenvalue weighted by atomic mass is 10.2. The number of nitrogens with one attached hydrogen (secondary N) is 1. The Kier molecular flexibility index (Phi) is 6.66. The molecule has 0 aliphatic rings. The largest absolute Gasteiger partial charge is 0.489 e. The van der Waals surface area contributed by atoms with Crippen LogP contribution in [0.1, 0.15) is 39.2 Å². The van der Waals surface area contributed by atoms with Crippen molar-refractivity contribution in [1.29, 1.82) is 0 Å². The van der Waals surface area contributed by atoms with Gasteiger partial charge in [0.15, 0.2) is 6.10 Å². The third kappa shape index (κ3) is 5.45. The van der Waals surface area contributed by atoms with Crippen LogP contribution >= 0.6 is 11.3 Å². The van der Waals surface area contributed by atoms with Gasteiger partial charge in [0.2, 0.25) is 0 Å². The topological polar surface area (TPSA) is 90.7 Å². The summed E-state index contributed by atoms with van der Waals surface area (Å²) < 4.78 is 16.1. The number of nitrogens with zero attached hydrogens (tertiary/aromatic N) is 1. The molecule has 3 rings (SSSR count). The van der Waals surface area contributed by atoms with Gasteiger partial charge in [0.1, 0.15) is 18.1 Å². The highest BCUT2D eigenvalue weighted by Crippen LogP contribution is 2.19. The second kappa shape index (κ2) is 9.38. The van der Waals surface area contributed by atoms with Gasteiger partial charge in [0.25, 0.3) is 5.91 Å². The van der Waals surface area contributed by atoms with E-state index in [-0.39, 0.29) is 12.5 Å². The number of aromatic nitrogens is 1. The van der Waals surface area contributed by atoms with Crippen LogP contribution in [0.3, 0.4) is 0 Å². The highest BCUT2D eigenvalue weighted by molar-refractivity contribution is 7.09. The fourth-order valence-corrected chi connectivity index (χ4v) is 3.23. The lowest BCUT2D eigenvalue weighted by Crippen LogP contribution is -2.35. The van der Waals surface area contributed by atoms with Crippen LogP contribution in [0.2, 0.25) is 0 Å². The Morgan fingerprint density at radius 1 is 1.24 bits per heavy atom. The van der Waals surface area contributed by atoms with Crippen molar-refractivity contribution in [3.8, 4) is 5.75 Å². The number of benzene rings is 1. The molecule has 3 aromatic rings. The fourth-order valence-electron chi connectivity index (χ4n) is 2.59. The van der Waals surface area contributed by atoms with Crippen molar-refractivity contribution in [3.63, 3.8) is 0 Å². The molecule has 7 nitrogen and oxygen atoms in total. The molecule has 152 valence electrons. The molecule has 1 amide bonds. The maximum absolute atomic E-state index is 12.4. The monoisotopic (exact) mass is 414 g/mol. The highest BCUT2D eigenvalue weighted by atomic mass is 32.1. The Bertz CT molecular complexity index is 961. The zero-order valence-electron chi connectivity index (χ0n) is 16.4. The summed E-state index contributed by atoms with van der Waals surface area (Å²) in [6, 6.07) is 10.5. The fraction of sp³-hybridized carbons (Fsp3) is 0.286. The van der Waals surface area contributed by atoms with Crippen molar-refractivity contribution < 1.29 is 23.6 Å². The maximum Gasteiger partial charge on any atom is 0.339 e. The van der Waals surface area contributed by atoms with Gasteiger partial charge >= 0.3 is 5.97 Å². The molecule has 0 bridgehead atoms. The molecule has 1 atom stereocenters. The second-order valence-corrected chi connectivity index (χ2v) is 7.50. The molecule has 0 unspecified atom stereocenters. The molecule has 8 heteroatoms. The van der Waals surface area contributed by atoms with E-state index >= 15 is 0 Å². The van der Waals surface area contributed by atoms with E-state index in [0.717, 1.165) is 16.1 Å². The van der Waals surface area contributed by atoms with Crippen molar-refractivity contribution in [2.45, 2.75) is 40.0 Å². The van der Waals surface area contributed by atoms with E-state index in [9.17, 15) is 9.59 Å². The van der Waals surface area contributed by atoms with E-state index in [1.165, 1.54) is 0 Å². The van der Waals surface area contributed by atoms with E-state index in [1.54, 1.807) is 42.5 Å². The summed E-state index contributed by atoms with van der Waals surface area (Å²) in [5.74, 6) is 0.263. The molecule has 2 aromatic heterocycles. The van der Waals surface area contributed by atoms with Crippen molar-refractivity contribution in [1.82, 2.24) is 10.5 Å². The molecule has 0 saturated carbocycles. The summed E-state index contributed by atoms with van der Waals surface area (Å²) in [4.78, 5) is 25.6. The van der Waals surface area contributed by atoms with Gasteiger partial charge in [-0.15, -0.1) is 11.3 Å². The van der Waals surface area contributed by atoms with Gasteiger partial charge < -0.3 is 19.3 Å². The lowest BCUT2D eigenvalue weighted by molar-refractivity contribution is -0.129. The average Bonchev–Trinajstić information content (AvgIpc) is 3.34. The molecule has 0 fully saturated rings. The lowest BCUT2D eigenvalue weighted by Gasteiger charge is -2.14. The summed E-state index contributed by atoms with van der Waals surface area (Å²) in [5.41, 5.74) is 1.94. The number of hydrogen-bond donors (Lipinski definition) is 1. The predicted octanol–water partition coefficient (Wildman–Crippen LogP) is 3.79. The Morgan fingerprint density at radius 3 is 2.76 bits per heavy atom. The molecule has 29 heavy (non-hydrogen) atoms. The van der Waals surface area contributed by atoms with Crippen LogP contribution in [-0.2, 0) is 22.7 Å². The first-order valence-electron chi connectivity index (χ1n) is 9.09. The van der Waals surface area contributed by atoms with Gasteiger partial charge in [0, 0.05) is 4.88 Å². The first kappa shape index (κ1) is 20.6. The summed E-state index contributed by atoms with van der Waals surface area (Å²) in [5, 5.41) is 8.58.